The van der Waals surface area contributed by atoms with Gasteiger partial charge in [-0.25, -0.2) is 0 Å². The first-order valence-electron chi connectivity index (χ1n) is 4.89. The Morgan fingerprint density at radius 2 is 1.88 bits per heavy atom. The van der Waals surface area contributed by atoms with Gasteiger partial charge in [0.25, 0.3) is 10.2 Å². The van der Waals surface area contributed by atoms with Crippen LogP contribution in [-0.4, -0.2) is 26.8 Å². The molecule has 0 saturated heterocycles. The molecule has 0 radical (unpaired) electrons. The fraction of sp³-hybridized carbons (Fsp3) is 0.400. The minimum Gasteiger partial charge on any atom is -0.195 e. The van der Waals surface area contributed by atoms with E-state index in [1.807, 2.05) is 0 Å². The average Bonchev–Trinajstić information content (AvgIpc) is 2.15. The van der Waals surface area contributed by atoms with Crippen LogP contribution < -0.4 is 4.72 Å². The first-order valence-corrected chi connectivity index (χ1v) is 7.08. The topological polar surface area (TPSA) is 49.4 Å². The van der Waals surface area contributed by atoms with Crippen LogP contribution in [0.25, 0.3) is 0 Å². The van der Waals surface area contributed by atoms with Gasteiger partial charge in [-0.1, -0.05) is 29.3 Å². The molecule has 0 aliphatic heterocycles. The number of benzene rings is 1. The third-order valence-corrected chi connectivity index (χ3v) is 4.41. The van der Waals surface area contributed by atoms with E-state index in [2.05, 4.69) is 4.72 Å². The number of nitrogens with zero attached hydrogens (tertiary/aromatic N) is 1. The molecule has 0 amide bonds. The summed E-state index contributed by atoms with van der Waals surface area (Å²) >= 11 is 11.8. The maximum atomic E-state index is 11.6. The van der Waals surface area contributed by atoms with Crippen LogP contribution in [0.3, 0.4) is 0 Å². The molecule has 7 heteroatoms. The summed E-state index contributed by atoms with van der Waals surface area (Å²) in [5.74, 6) is 0. The summed E-state index contributed by atoms with van der Waals surface area (Å²) in [5.41, 5.74) is 0.682. The number of hydrogen-bond donors (Lipinski definition) is 1. The Bertz CT molecular complexity index is 503. The van der Waals surface area contributed by atoms with E-state index in [9.17, 15) is 8.42 Å². The molecule has 96 valence electrons. The number of rotatable bonds is 4. The highest BCUT2D eigenvalue weighted by molar-refractivity contribution is 7.87. The highest BCUT2D eigenvalue weighted by Crippen LogP contribution is 2.26. The second kappa shape index (κ2) is 5.54. The first-order chi connectivity index (χ1) is 7.74. The van der Waals surface area contributed by atoms with Crippen molar-refractivity contribution in [3.8, 4) is 0 Å². The van der Waals surface area contributed by atoms with E-state index in [-0.39, 0.29) is 0 Å². The van der Waals surface area contributed by atoms with Crippen molar-refractivity contribution in [3.05, 3.63) is 33.8 Å². The number of hydrogen-bond acceptors (Lipinski definition) is 2. The Balaban J connectivity index is 2.95. The lowest BCUT2D eigenvalue weighted by Gasteiger charge is -2.19. The van der Waals surface area contributed by atoms with E-state index < -0.39 is 16.3 Å². The molecule has 4 nitrogen and oxygen atoms in total. The summed E-state index contributed by atoms with van der Waals surface area (Å²) in [7, 11) is -0.567. The normalized spacial score (nSPS) is 14.0. The zero-order valence-corrected chi connectivity index (χ0v) is 12.1. The SMILES string of the molecule is C[C@@H](NS(=O)(=O)N(C)C)c1ccc(Cl)cc1Cl. The number of halogens is 2. The zero-order chi connectivity index (χ0) is 13.2. The predicted molar refractivity (Wildman–Crippen MR) is 70.6 cm³/mol. The molecular weight excluding hydrogens is 283 g/mol. The van der Waals surface area contributed by atoms with Crippen molar-refractivity contribution in [1.82, 2.24) is 9.03 Å². The molecule has 1 aromatic carbocycles. The quantitative estimate of drug-likeness (QED) is 0.928. The van der Waals surface area contributed by atoms with Crippen molar-refractivity contribution in [3.63, 3.8) is 0 Å². The van der Waals surface area contributed by atoms with Crippen LogP contribution in [0.5, 0.6) is 0 Å². The summed E-state index contributed by atoms with van der Waals surface area (Å²) in [6.07, 6.45) is 0. The molecule has 1 N–H and O–H groups in total. The molecule has 0 bridgehead atoms. The molecule has 0 heterocycles. The van der Waals surface area contributed by atoms with Gasteiger partial charge in [0.2, 0.25) is 0 Å². The van der Waals surface area contributed by atoms with Gasteiger partial charge in [0.1, 0.15) is 0 Å². The standard InChI is InChI=1S/C10H14Cl2N2O2S/c1-7(13-17(15,16)14(2)3)9-5-4-8(11)6-10(9)12/h4-7,13H,1-3H3/t7-/m1/s1. The average molecular weight is 297 g/mol. The van der Waals surface area contributed by atoms with Crippen molar-refractivity contribution in [2.24, 2.45) is 0 Å². The second-order valence-corrected chi connectivity index (χ2v) is 6.55. The van der Waals surface area contributed by atoms with Crippen LogP contribution in [-0.2, 0) is 10.2 Å². The molecule has 0 aliphatic carbocycles. The Labute approximate surface area is 112 Å². The van der Waals surface area contributed by atoms with Crippen LogP contribution >= 0.6 is 23.2 Å². The molecule has 0 saturated carbocycles. The van der Waals surface area contributed by atoms with Crippen molar-refractivity contribution in [2.75, 3.05) is 14.1 Å². The highest BCUT2D eigenvalue weighted by atomic mass is 35.5. The van der Waals surface area contributed by atoms with Gasteiger partial charge in [0.15, 0.2) is 0 Å². The Hall–Kier alpha value is -0.330. The van der Waals surface area contributed by atoms with Gasteiger partial charge >= 0.3 is 0 Å². The van der Waals surface area contributed by atoms with E-state index in [0.717, 1.165) is 4.31 Å². The fourth-order valence-corrected chi connectivity index (χ4v) is 2.60. The Morgan fingerprint density at radius 1 is 1.29 bits per heavy atom. The van der Waals surface area contributed by atoms with Crippen molar-refractivity contribution in [1.29, 1.82) is 0 Å². The van der Waals surface area contributed by atoms with Gasteiger partial charge in [0, 0.05) is 30.2 Å². The second-order valence-electron chi connectivity index (χ2n) is 3.79. The molecule has 17 heavy (non-hydrogen) atoms. The maximum Gasteiger partial charge on any atom is 0.279 e. The monoisotopic (exact) mass is 296 g/mol. The summed E-state index contributed by atoms with van der Waals surface area (Å²) in [5, 5.41) is 0.952. The molecule has 1 aromatic rings. The van der Waals surface area contributed by atoms with Crippen LogP contribution in [0.2, 0.25) is 10.0 Å². The molecule has 0 fully saturated rings. The van der Waals surface area contributed by atoms with Gasteiger partial charge in [-0.3, -0.25) is 0 Å². The molecule has 0 spiro atoms. The van der Waals surface area contributed by atoms with Crippen molar-refractivity contribution < 1.29 is 8.42 Å². The molecule has 0 unspecified atom stereocenters. The summed E-state index contributed by atoms with van der Waals surface area (Å²) in [4.78, 5) is 0. The minimum absolute atomic E-state index is 0.424. The van der Waals surface area contributed by atoms with Crippen molar-refractivity contribution >= 4 is 33.4 Å². The van der Waals surface area contributed by atoms with Crippen LogP contribution in [0.1, 0.15) is 18.5 Å². The van der Waals surface area contributed by atoms with E-state index in [1.165, 1.54) is 14.1 Å². The largest absolute Gasteiger partial charge is 0.279 e. The Kier molecular flexibility index (Phi) is 4.80. The highest BCUT2D eigenvalue weighted by Gasteiger charge is 2.19. The summed E-state index contributed by atoms with van der Waals surface area (Å²) < 4.78 is 26.9. The molecule has 0 aliphatic rings. The summed E-state index contributed by atoms with van der Waals surface area (Å²) in [6.45, 7) is 1.72. The van der Waals surface area contributed by atoms with E-state index in [4.69, 9.17) is 23.2 Å². The predicted octanol–water partition coefficient (Wildman–Crippen LogP) is 2.45. The molecule has 1 atom stereocenters. The van der Waals surface area contributed by atoms with Gasteiger partial charge in [0.05, 0.1) is 0 Å². The maximum absolute atomic E-state index is 11.6. The van der Waals surface area contributed by atoms with Gasteiger partial charge in [-0.2, -0.15) is 17.4 Å². The van der Waals surface area contributed by atoms with Gasteiger partial charge in [-0.15, -0.1) is 0 Å². The summed E-state index contributed by atoms with van der Waals surface area (Å²) in [6, 6.07) is 4.53. The van der Waals surface area contributed by atoms with Crippen LogP contribution in [0, 0.1) is 0 Å². The smallest absolute Gasteiger partial charge is 0.195 e. The number of nitrogens with one attached hydrogen (secondary N) is 1. The third kappa shape index (κ3) is 3.82. The minimum atomic E-state index is -3.48. The van der Waals surface area contributed by atoms with E-state index >= 15 is 0 Å². The third-order valence-electron chi connectivity index (χ3n) is 2.24. The lowest BCUT2D eigenvalue weighted by molar-refractivity contribution is 0.494. The fourth-order valence-electron chi connectivity index (χ4n) is 1.24. The molecular formula is C10H14Cl2N2O2S. The molecule has 0 aromatic heterocycles. The van der Waals surface area contributed by atoms with Gasteiger partial charge < -0.3 is 0 Å². The lowest BCUT2D eigenvalue weighted by atomic mass is 10.1. The lowest BCUT2D eigenvalue weighted by Crippen LogP contribution is -2.37. The van der Waals surface area contributed by atoms with Crippen LogP contribution in [0.4, 0.5) is 0 Å². The van der Waals surface area contributed by atoms with E-state index in [0.29, 0.717) is 15.6 Å². The van der Waals surface area contributed by atoms with Crippen LogP contribution in [0.15, 0.2) is 18.2 Å². The van der Waals surface area contributed by atoms with E-state index in [1.54, 1.807) is 25.1 Å². The molecule has 1 rings (SSSR count). The zero-order valence-electron chi connectivity index (χ0n) is 9.74. The first kappa shape index (κ1) is 14.7. The van der Waals surface area contributed by atoms with Crippen molar-refractivity contribution in [2.45, 2.75) is 13.0 Å². The van der Waals surface area contributed by atoms with Gasteiger partial charge in [-0.05, 0) is 24.6 Å². The Morgan fingerprint density at radius 3 is 2.35 bits per heavy atom.